The number of hydrogen-bond donors (Lipinski definition) is 0. The van der Waals surface area contributed by atoms with Gasteiger partial charge in [-0.15, -0.1) is 0 Å². The first-order valence-electron chi connectivity index (χ1n) is 7.05. The summed E-state index contributed by atoms with van der Waals surface area (Å²) < 4.78 is 5.67. The molecule has 0 aromatic carbocycles. The summed E-state index contributed by atoms with van der Waals surface area (Å²) in [6.07, 6.45) is 9.23. The highest BCUT2D eigenvalue weighted by Crippen LogP contribution is 2.26. The Kier molecular flexibility index (Phi) is 4.42. The molecule has 0 saturated heterocycles. The fourth-order valence-corrected chi connectivity index (χ4v) is 2.63. The molecule has 2 amide bonds. The van der Waals surface area contributed by atoms with Gasteiger partial charge in [-0.2, -0.15) is 0 Å². The van der Waals surface area contributed by atoms with E-state index in [0.29, 0.717) is 11.1 Å². The highest BCUT2D eigenvalue weighted by Gasteiger charge is 2.32. The molecule has 2 rings (SSSR count). The van der Waals surface area contributed by atoms with Gasteiger partial charge in [0.25, 0.3) is 11.8 Å². The Morgan fingerprint density at radius 1 is 1.15 bits per heavy atom. The van der Waals surface area contributed by atoms with Crippen LogP contribution >= 0.6 is 0 Å². The molecule has 0 aromatic heterocycles. The number of nitrogens with zero attached hydrogens (tertiary/aromatic N) is 1. The number of carbonyl (C=O) groups is 2. The zero-order valence-electron chi connectivity index (χ0n) is 12.1. The first kappa shape index (κ1) is 14.6. The molecule has 2 aliphatic rings. The zero-order valence-corrected chi connectivity index (χ0v) is 12.1. The Balaban J connectivity index is 2.00. The number of likely N-dealkylation sites (N-methyl/N-ethyl adjacent to an activating group) is 1. The highest BCUT2D eigenvalue weighted by molar-refractivity contribution is 6.21. The molecular weight excluding hydrogens is 254 g/mol. The molecule has 0 atom stereocenters. The number of hydrogen-bond acceptors (Lipinski definition) is 3. The molecule has 108 valence electrons. The number of amides is 2. The average Bonchev–Trinajstić information content (AvgIpc) is 2.65. The van der Waals surface area contributed by atoms with Crippen LogP contribution in [0.4, 0.5) is 0 Å². The Labute approximate surface area is 119 Å². The molecule has 0 unspecified atom stereocenters. The van der Waals surface area contributed by atoms with Crippen molar-refractivity contribution in [2.75, 3.05) is 7.05 Å². The maximum atomic E-state index is 11.9. The number of ether oxygens (including phenoxy) is 1. The van der Waals surface area contributed by atoms with Gasteiger partial charge >= 0.3 is 0 Å². The minimum Gasteiger partial charge on any atom is -0.498 e. The smallest absolute Gasteiger partial charge is 0.261 e. The minimum absolute atomic E-state index is 0.222. The van der Waals surface area contributed by atoms with E-state index >= 15 is 0 Å². The molecule has 4 heteroatoms. The van der Waals surface area contributed by atoms with Gasteiger partial charge in [-0.3, -0.25) is 14.5 Å². The third-order valence-corrected chi connectivity index (χ3v) is 4.03. The van der Waals surface area contributed by atoms with Crippen LogP contribution in [0, 0.1) is 5.92 Å². The number of rotatable bonds is 4. The Morgan fingerprint density at radius 2 is 1.75 bits per heavy atom. The summed E-state index contributed by atoms with van der Waals surface area (Å²) in [7, 11) is 1.47. The van der Waals surface area contributed by atoms with Crippen molar-refractivity contribution < 1.29 is 14.3 Å². The van der Waals surface area contributed by atoms with Crippen molar-refractivity contribution in [3.05, 3.63) is 36.1 Å². The second-order valence-electron chi connectivity index (χ2n) is 5.52. The third-order valence-electron chi connectivity index (χ3n) is 4.03. The molecule has 0 spiro atoms. The van der Waals surface area contributed by atoms with E-state index in [4.69, 9.17) is 4.74 Å². The van der Waals surface area contributed by atoms with Gasteiger partial charge < -0.3 is 4.74 Å². The van der Waals surface area contributed by atoms with Crippen LogP contribution in [0.1, 0.15) is 32.6 Å². The van der Waals surface area contributed by atoms with Crippen LogP contribution in [0.2, 0.25) is 0 Å². The van der Waals surface area contributed by atoms with E-state index in [-0.39, 0.29) is 17.9 Å². The molecule has 20 heavy (non-hydrogen) atoms. The van der Waals surface area contributed by atoms with E-state index in [1.807, 2.05) is 0 Å². The fraction of sp³-hybridized carbons (Fsp3) is 0.500. The maximum Gasteiger partial charge on any atom is 0.261 e. The van der Waals surface area contributed by atoms with Crippen molar-refractivity contribution in [1.29, 1.82) is 0 Å². The van der Waals surface area contributed by atoms with Crippen LogP contribution in [0.5, 0.6) is 0 Å². The van der Waals surface area contributed by atoms with Crippen LogP contribution in [0.25, 0.3) is 0 Å². The molecule has 0 aromatic rings. The van der Waals surface area contributed by atoms with Crippen LogP contribution in [0.15, 0.2) is 36.1 Å². The molecule has 4 nitrogen and oxygen atoms in total. The molecule has 1 fully saturated rings. The average molecular weight is 275 g/mol. The van der Waals surface area contributed by atoms with Gasteiger partial charge in [0.15, 0.2) is 0 Å². The minimum atomic E-state index is -0.309. The van der Waals surface area contributed by atoms with Crippen molar-refractivity contribution in [1.82, 2.24) is 4.90 Å². The van der Waals surface area contributed by atoms with E-state index in [0.717, 1.165) is 23.7 Å². The molecule has 0 bridgehead atoms. The van der Waals surface area contributed by atoms with Crippen LogP contribution in [-0.4, -0.2) is 29.9 Å². The third kappa shape index (κ3) is 2.84. The van der Waals surface area contributed by atoms with E-state index < -0.39 is 0 Å². The van der Waals surface area contributed by atoms with Gasteiger partial charge in [-0.1, -0.05) is 19.6 Å². The topological polar surface area (TPSA) is 46.6 Å². The van der Waals surface area contributed by atoms with Crippen molar-refractivity contribution in [3.63, 3.8) is 0 Å². The summed E-state index contributed by atoms with van der Waals surface area (Å²) in [6.45, 7) is 5.84. The van der Waals surface area contributed by atoms with E-state index in [1.54, 1.807) is 12.3 Å². The molecule has 0 N–H and O–H groups in total. The standard InChI is InChI=1S/C16H21NO3/c1-4-13-14(16(19)17(3)15(13)18)9-10-20-12-7-5-11(2)6-8-12/h4,9-12H,1,5-8H2,2-3H3/b10-9+. The number of imide groups is 1. The first-order chi connectivity index (χ1) is 9.54. The summed E-state index contributed by atoms with van der Waals surface area (Å²) in [5.41, 5.74) is 0.700. The van der Waals surface area contributed by atoms with Crippen LogP contribution in [-0.2, 0) is 14.3 Å². The highest BCUT2D eigenvalue weighted by atomic mass is 16.5. The van der Waals surface area contributed by atoms with Crippen molar-refractivity contribution in [2.24, 2.45) is 5.92 Å². The van der Waals surface area contributed by atoms with E-state index in [2.05, 4.69) is 13.5 Å². The Hall–Kier alpha value is -1.84. The molecular formula is C16H21NO3. The second-order valence-corrected chi connectivity index (χ2v) is 5.52. The van der Waals surface area contributed by atoms with Gasteiger partial charge in [-0.05, 0) is 37.7 Å². The summed E-state index contributed by atoms with van der Waals surface area (Å²) in [4.78, 5) is 24.8. The predicted molar refractivity (Wildman–Crippen MR) is 76.6 cm³/mol. The quantitative estimate of drug-likeness (QED) is 0.585. The lowest BCUT2D eigenvalue weighted by atomic mass is 9.89. The van der Waals surface area contributed by atoms with Crippen molar-refractivity contribution in [2.45, 2.75) is 38.7 Å². The number of carbonyl (C=O) groups excluding carboxylic acids is 2. The van der Waals surface area contributed by atoms with Gasteiger partial charge in [0.05, 0.1) is 23.5 Å². The normalized spacial score (nSPS) is 27.6. The molecule has 0 radical (unpaired) electrons. The monoisotopic (exact) mass is 275 g/mol. The fourth-order valence-electron chi connectivity index (χ4n) is 2.63. The second kappa shape index (κ2) is 6.07. The summed E-state index contributed by atoms with van der Waals surface area (Å²) in [5, 5.41) is 0. The summed E-state index contributed by atoms with van der Waals surface area (Å²) in [6, 6.07) is 0. The largest absolute Gasteiger partial charge is 0.498 e. The van der Waals surface area contributed by atoms with Crippen LogP contribution < -0.4 is 0 Å². The van der Waals surface area contributed by atoms with Gasteiger partial charge in [0.1, 0.15) is 0 Å². The van der Waals surface area contributed by atoms with Gasteiger partial charge in [0.2, 0.25) is 0 Å². The zero-order chi connectivity index (χ0) is 14.7. The maximum absolute atomic E-state index is 11.9. The summed E-state index contributed by atoms with van der Waals surface area (Å²) >= 11 is 0. The molecule has 1 aliphatic carbocycles. The van der Waals surface area contributed by atoms with Gasteiger partial charge in [-0.25, -0.2) is 0 Å². The Bertz CT molecular complexity index is 482. The van der Waals surface area contributed by atoms with Crippen molar-refractivity contribution >= 4 is 11.8 Å². The van der Waals surface area contributed by atoms with Crippen molar-refractivity contribution in [3.8, 4) is 0 Å². The lowest BCUT2D eigenvalue weighted by Gasteiger charge is -2.25. The molecule has 1 aliphatic heterocycles. The molecule has 1 heterocycles. The first-order valence-corrected chi connectivity index (χ1v) is 7.05. The predicted octanol–water partition coefficient (Wildman–Crippen LogP) is 2.58. The molecule has 1 saturated carbocycles. The summed E-state index contributed by atoms with van der Waals surface area (Å²) in [5.74, 6) is 0.162. The lowest BCUT2D eigenvalue weighted by molar-refractivity contribution is -0.135. The SMILES string of the molecule is C=CC1=C(/C=C/OC2CCC(C)CC2)C(=O)N(C)C1=O. The lowest BCUT2D eigenvalue weighted by Crippen LogP contribution is -2.26. The van der Waals surface area contributed by atoms with Gasteiger partial charge in [0, 0.05) is 7.05 Å². The van der Waals surface area contributed by atoms with E-state index in [9.17, 15) is 9.59 Å². The van der Waals surface area contributed by atoms with E-state index in [1.165, 1.54) is 26.0 Å². The Morgan fingerprint density at radius 3 is 2.35 bits per heavy atom. The van der Waals surface area contributed by atoms with Crippen LogP contribution in [0.3, 0.4) is 0 Å².